The molecule has 0 unspecified atom stereocenters. The summed E-state index contributed by atoms with van der Waals surface area (Å²) in [5.74, 6) is -0.186. The first kappa shape index (κ1) is 17.0. The first-order valence-corrected chi connectivity index (χ1v) is 8.92. The minimum absolute atomic E-state index is 0.209. The number of rotatable bonds is 4. The van der Waals surface area contributed by atoms with Crippen LogP contribution in [-0.2, 0) is 0 Å². The number of fused-ring (bicyclic) bond motifs is 1. The molecule has 0 saturated heterocycles. The summed E-state index contributed by atoms with van der Waals surface area (Å²) in [6.45, 7) is 4.20. The molecule has 24 heavy (non-hydrogen) atoms. The standard InChI is InChI=1S/C17H15Br2N3O2/c1-10(2)22-4-3-11(9-22)8-20-21-17(23)15-6-12-5-13(18)7-14(19)16(12)24-15/h3-10H,1-2H3,(H,21,23)/b20-8-. The summed E-state index contributed by atoms with van der Waals surface area (Å²) in [6, 6.07) is 7.76. The van der Waals surface area contributed by atoms with Crippen molar-refractivity contribution in [2.45, 2.75) is 19.9 Å². The number of carbonyl (C=O) groups is 1. The molecule has 0 saturated carbocycles. The second-order valence-corrected chi connectivity index (χ2v) is 7.37. The Balaban J connectivity index is 1.72. The van der Waals surface area contributed by atoms with E-state index in [-0.39, 0.29) is 5.76 Å². The molecule has 0 spiro atoms. The van der Waals surface area contributed by atoms with Gasteiger partial charge >= 0.3 is 5.91 Å². The molecule has 124 valence electrons. The number of hydrazone groups is 1. The predicted octanol–water partition coefficient (Wildman–Crippen LogP) is 5.10. The first-order chi connectivity index (χ1) is 11.4. The van der Waals surface area contributed by atoms with Crippen LogP contribution in [0.3, 0.4) is 0 Å². The van der Waals surface area contributed by atoms with E-state index >= 15 is 0 Å². The van der Waals surface area contributed by atoms with E-state index in [2.05, 4.69) is 60.8 Å². The Morgan fingerprint density at radius 3 is 2.83 bits per heavy atom. The van der Waals surface area contributed by atoms with Crippen LogP contribution in [0.1, 0.15) is 36.0 Å². The average Bonchev–Trinajstić information content (AvgIpc) is 3.13. The minimum Gasteiger partial charge on any atom is -0.450 e. The third-order valence-electron chi connectivity index (χ3n) is 3.47. The lowest BCUT2D eigenvalue weighted by molar-refractivity contribution is 0.0929. The second kappa shape index (κ2) is 6.94. The first-order valence-electron chi connectivity index (χ1n) is 7.33. The third-order valence-corrected chi connectivity index (χ3v) is 4.52. The van der Waals surface area contributed by atoms with E-state index in [0.717, 1.165) is 19.9 Å². The van der Waals surface area contributed by atoms with Crippen molar-refractivity contribution < 1.29 is 9.21 Å². The Morgan fingerprint density at radius 1 is 1.33 bits per heavy atom. The third kappa shape index (κ3) is 3.62. The highest BCUT2D eigenvalue weighted by Crippen LogP contribution is 2.30. The van der Waals surface area contributed by atoms with Gasteiger partial charge in [-0.3, -0.25) is 4.79 Å². The highest BCUT2D eigenvalue weighted by atomic mass is 79.9. The van der Waals surface area contributed by atoms with E-state index in [4.69, 9.17) is 4.42 Å². The van der Waals surface area contributed by atoms with Crippen molar-refractivity contribution in [3.05, 3.63) is 56.9 Å². The van der Waals surface area contributed by atoms with Crippen LogP contribution in [0, 0.1) is 0 Å². The Kier molecular flexibility index (Phi) is 4.91. The maximum atomic E-state index is 12.2. The van der Waals surface area contributed by atoms with Crippen molar-refractivity contribution in [3.63, 3.8) is 0 Å². The Labute approximate surface area is 156 Å². The van der Waals surface area contributed by atoms with Crippen LogP contribution in [0.4, 0.5) is 0 Å². The van der Waals surface area contributed by atoms with E-state index in [1.54, 1.807) is 12.3 Å². The fourth-order valence-electron chi connectivity index (χ4n) is 2.24. The Hall–Kier alpha value is -1.86. The van der Waals surface area contributed by atoms with Crippen LogP contribution in [0.2, 0.25) is 0 Å². The number of furan rings is 1. The van der Waals surface area contributed by atoms with Crippen molar-refractivity contribution >= 4 is 55.0 Å². The van der Waals surface area contributed by atoms with Gasteiger partial charge in [-0.25, -0.2) is 5.43 Å². The van der Waals surface area contributed by atoms with Crippen LogP contribution in [0.5, 0.6) is 0 Å². The number of benzene rings is 1. The lowest BCUT2D eigenvalue weighted by Crippen LogP contribution is -2.16. The summed E-state index contributed by atoms with van der Waals surface area (Å²) in [4.78, 5) is 12.2. The summed E-state index contributed by atoms with van der Waals surface area (Å²) < 4.78 is 9.35. The van der Waals surface area contributed by atoms with Crippen molar-refractivity contribution in [1.82, 2.24) is 9.99 Å². The fourth-order valence-corrected chi connectivity index (χ4v) is 3.58. The quantitative estimate of drug-likeness (QED) is 0.442. The van der Waals surface area contributed by atoms with Crippen LogP contribution in [0.25, 0.3) is 11.0 Å². The van der Waals surface area contributed by atoms with E-state index in [1.165, 1.54) is 0 Å². The molecule has 2 aromatic heterocycles. The lowest BCUT2D eigenvalue weighted by Gasteiger charge is -2.04. The van der Waals surface area contributed by atoms with E-state index in [1.807, 2.05) is 30.6 Å². The van der Waals surface area contributed by atoms with Gasteiger partial charge in [-0.2, -0.15) is 5.10 Å². The van der Waals surface area contributed by atoms with Gasteiger partial charge in [-0.05, 0) is 54.0 Å². The zero-order chi connectivity index (χ0) is 17.3. The number of carbonyl (C=O) groups excluding carboxylic acids is 1. The van der Waals surface area contributed by atoms with E-state index < -0.39 is 5.91 Å². The molecule has 5 nitrogen and oxygen atoms in total. The molecule has 0 aliphatic heterocycles. The molecule has 1 amide bonds. The van der Waals surface area contributed by atoms with Gasteiger partial charge in [0.2, 0.25) is 0 Å². The van der Waals surface area contributed by atoms with Gasteiger partial charge in [0.1, 0.15) is 5.58 Å². The SMILES string of the molecule is CC(C)n1ccc(/C=N\NC(=O)c2cc3cc(Br)cc(Br)c3o2)c1. The maximum absolute atomic E-state index is 12.2. The topological polar surface area (TPSA) is 59.5 Å². The van der Waals surface area contributed by atoms with Crippen molar-refractivity contribution in [2.24, 2.45) is 5.10 Å². The van der Waals surface area contributed by atoms with E-state index in [9.17, 15) is 4.79 Å². The van der Waals surface area contributed by atoms with Crippen LogP contribution < -0.4 is 5.43 Å². The Bertz CT molecular complexity index is 925. The van der Waals surface area contributed by atoms with Crippen molar-refractivity contribution in [2.75, 3.05) is 0 Å². The molecule has 1 aromatic carbocycles. The zero-order valence-electron chi connectivity index (χ0n) is 13.1. The Morgan fingerprint density at radius 2 is 2.12 bits per heavy atom. The van der Waals surface area contributed by atoms with E-state index in [0.29, 0.717) is 11.6 Å². The number of halogens is 2. The average molecular weight is 453 g/mol. The fraction of sp³-hybridized carbons (Fsp3) is 0.176. The highest BCUT2D eigenvalue weighted by molar-refractivity contribution is 9.11. The molecule has 0 atom stereocenters. The number of amides is 1. The van der Waals surface area contributed by atoms with Crippen molar-refractivity contribution in [1.29, 1.82) is 0 Å². The molecular weight excluding hydrogens is 438 g/mol. The molecule has 0 fully saturated rings. The van der Waals surface area contributed by atoms with Gasteiger partial charge in [0, 0.05) is 33.9 Å². The normalized spacial score (nSPS) is 11.7. The number of hydrogen-bond acceptors (Lipinski definition) is 3. The molecule has 3 rings (SSSR count). The van der Waals surface area contributed by atoms with Gasteiger partial charge in [0.25, 0.3) is 0 Å². The summed E-state index contributed by atoms with van der Waals surface area (Å²) in [5, 5.41) is 4.81. The molecule has 0 bridgehead atoms. The summed E-state index contributed by atoms with van der Waals surface area (Å²) in [5.41, 5.74) is 4.02. The summed E-state index contributed by atoms with van der Waals surface area (Å²) in [6.07, 6.45) is 5.55. The summed E-state index contributed by atoms with van der Waals surface area (Å²) in [7, 11) is 0. The zero-order valence-corrected chi connectivity index (χ0v) is 16.3. The molecule has 1 N–H and O–H groups in total. The second-order valence-electron chi connectivity index (χ2n) is 5.60. The highest BCUT2D eigenvalue weighted by Gasteiger charge is 2.14. The molecule has 0 radical (unpaired) electrons. The lowest BCUT2D eigenvalue weighted by atomic mass is 10.2. The van der Waals surface area contributed by atoms with Gasteiger partial charge < -0.3 is 8.98 Å². The van der Waals surface area contributed by atoms with Crippen LogP contribution in [0.15, 0.2) is 55.1 Å². The molecule has 3 aromatic rings. The van der Waals surface area contributed by atoms with Gasteiger partial charge in [-0.1, -0.05) is 15.9 Å². The largest absolute Gasteiger partial charge is 0.450 e. The number of hydrogen-bond donors (Lipinski definition) is 1. The van der Waals surface area contributed by atoms with Gasteiger partial charge in [0.15, 0.2) is 5.76 Å². The molecule has 0 aliphatic rings. The van der Waals surface area contributed by atoms with Crippen LogP contribution in [-0.4, -0.2) is 16.7 Å². The monoisotopic (exact) mass is 451 g/mol. The number of aromatic nitrogens is 1. The molecule has 0 aliphatic carbocycles. The molecule has 7 heteroatoms. The number of nitrogens with zero attached hydrogens (tertiary/aromatic N) is 2. The molecule has 2 heterocycles. The van der Waals surface area contributed by atoms with Gasteiger partial charge in [0.05, 0.1) is 10.7 Å². The minimum atomic E-state index is -0.395. The summed E-state index contributed by atoms with van der Waals surface area (Å²) >= 11 is 6.83. The molecular formula is C17H15Br2N3O2. The number of nitrogens with one attached hydrogen (secondary N) is 1. The van der Waals surface area contributed by atoms with Crippen LogP contribution >= 0.6 is 31.9 Å². The maximum Gasteiger partial charge on any atom is 0.307 e. The van der Waals surface area contributed by atoms with Crippen molar-refractivity contribution in [3.8, 4) is 0 Å². The predicted molar refractivity (Wildman–Crippen MR) is 101 cm³/mol. The smallest absolute Gasteiger partial charge is 0.307 e. The van der Waals surface area contributed by atoms with Gasteiger partial charge in [-0.15, -0.1) is 0 Å².